The average Bonchev–Trinajstić information content (AvgIpc) is 2.49. The van der Waals surface area contributed by atoms with Gasteiger partial charge in [-0.05, 0) is 35.5 Å². The van der Waals surface area contributed by atoms with Gasteiger partial charge in [-0.1, -0.05) is 0 Å². The molecule has 0 fully saturated rings. The van der Waals surface area contributed by atoms with E-state index in [2.05, 4.69) is 29.4 Å². The molecule has 14 heavy (non-hydrogen) atoms. The third kappa shape index (κ3) is 3.33. The smallest absolute Gasteiger partial charge is 0.258 e. The highest BCUT2D eigenvalue weighted by molar-refractivity contribution is 7.86. The monoisotopic (exact) mass is 234 g/mol. The van der Waals surface area contributed by atoms with Gasteiger partial charge in [-0.2, -0.15) is 0 Å². The molecule has 0 unspecified atom stereocenters. The number of hydrogen-bond donors (Lipinski definition) is 0. The molecule has 0 aliphatic carbocycles. The van der Waals surface area contributed by atoms with Gasteiger partial charge in [-0.15, -0.1) is 31.6 Å². The zero-order valence-electron chi connectivity index (χ0n) is 8.71. The number of hydrogen-bond acceptors (Lipinski definition) is 6. The van der Waals surface area contributed by atoms with Gasteiger partial charge in [0.05, 0.1) is 0 Å². The Labute approximate surface area is 88.5 Å². The third-order valence-electron chi connectivity index (χ3n) is 1.31. The molecule has 0 saturated carbocycles. The summed E-state index contributed by atoms with van der Waals surface area (Å²) in [7, 11) is -0.0864. The molecular formula is C6H14N6S2. The van der Waals surface area contributed by atoms with Gasteiger partial charge in [0.25, 0.3) is 0 Å². The molecule has 0 bridgehead atoms. The fourth-order valence-corrected chi connectivity index (χ4v) is 1.99. The lowest BCUT2D eigenvalue weighted by Crippen LogP contribution is -2.23. The predicted molar refractivity (Wildman–Crippen MR) is 60.6 cm³/mol. The van der Waals surface area contributed by atoms with Crippen molar-refractivity contribution in [2.45, 2.75) is 5.79 Å². The first-order valence-electron chi connectivity index (χ1n) is 3.94. The van der Waals surface area contributed by atoms with Crippen LogP contribution in [0.25, 0.3) is 0 Å². The van der Waals surface area contributed by atoms with Gasteiger partial charge in [-0.25, -0.2) is 4.36 Å². The average molecular weight is 234 g/mol. The van der Waals surface area contributed by atoms with Gasteiger partial charge in [0.1, 0.15) is 6.54 Å². The quantitative estimate of drug-likeness (QED) is 0.711. The predicted octanol–water partition coefficient (Wildman–Crippen LogP) is 1.60. The van der Waals surface area contributed by atoms with Crippen LogP contribution in [0.3, 0.4) is 0 Å². The molecule has 0 spiro atoms. The Balaban J connectivity index is 2.85. The number of rotatable bonds is 3. The summed E-state index contributed by atoms with van der Waals surface area (Å²) < 4.78 is 8.76. The Morgan fingerprint density at radius 1 is 1.00 bits per heavy atom. The first-order chi connectivity index (χ1) is 6.54. The zero-order chi connectivity index (χ0) is 10.6. The highest BCUT2D eigenvalue weighted by Crippen LogP contribution is 2.23. The van der Waals surface area contributed by atoms with Gasteiger partial charge in [0.15, 0.2) is 0 Å². The van der Waals surface area contributed by atoms with E-state index in [1.54, 1.807) is 0 Å². The van der Waals surface area contributed by atoms with E-state index in [1.807, 2.05) is 25.0 Å². The van der Waals surface area contributed by atoms with Crippen molar-refractivity contribution in [3.8, 4) is 0 Å². The Morgan fingerprint density at radius 2 is 1.57 bits per heavy atom. The third-order valence-corrected chi connectivity index (χ3v) is 2.62. The normalized spacial score (nSPS) is 18.1. The van der Waals surface area contributed by atoms with Crippen LogP contribution in [0, 0.1) is 0 Å². The Hall–Kier alpha value is -0.500. The topological polar surface area (TPSA) is 74.2 Å². The Bertz CT molecular complexity index is 311. The van der Waals surface area contributed by atoms with Gasteiger partial charge in [0, 0.05) is 0 Å². The standard InChI is InChI=1S/C6H14N6S2/c1-13(2)7-5-6(10-14(3)4)8-11-12-9-6/h5H2,1-4H3. The highest BCUT2D eigenvalue weighted by atomic mass is 32.2. The second-order valence-electron chi connectivity index (χ2n) is 3.08. The van der Waals surface area contributed by atoms with Gasteiger partial charge >= 0.3 is 5.79 Å². The van der Waals surface area contributed by atoms with E-state index in [0.29, 0.717) is 6.54 Å². The first-order valence-corrected chi connectivity index (χ1v) is 7.94. The fourth-order valence-electron chi connectivity index (χ4n) is 0.840. The van der Waals surface area contributed by atoms with Gasteiger partial charge in [0.2, 0.25) is 0 Å². The molecule has 0 N–H and O–H groups in total. The summed E-state index contributed by atoms with van der Waals surface area (Å²) in [4.78, 5) is 0. The second-order valence-corrected chi connectivity index (χ2v) is 6.61. The molecule has 0 saturated heterocycles. The molecule has 0 atom stereocenters. The molecule has 1 aliphatic heterocycles. The lowest BCUT2D eigenvalue weighted by Gasteiger charge is -2.12. The summed E-state index contributed by atoms with van der Waals surface area (Å²) in [5.74, 6) is -0.857. The molecule has 1 heterocycles. The van der Waals surface area contributed by atoms with Crippen molar-refractivity contribution in [3.63, 3.8) is 0 Å². The van der Waals surface area contributed by atoms with Crippen molar-refractivity contribution < 1.29 is 0 Å². The summed E-state index contributed by atoms with van der Waals surface area (Å²) in [6.07, 6.45) is 8.08. The maximum Gasteiger partial charge on any atom is 0.311 e. The van der Waals surface area contributed by atoms with E-state index >= 15 is 0 Å². The summed E-state index contributed by atoms with van der Waals surface area (Å²) in [6, 6.07) is 0. The Morgan fingerprint density at radius 3 is 2.00 bits per heavy atom. The zero-order valence-corrected chi connectivity index (χ0v) is 10.3. The van der Waals surface area contributed by atoms with Crippen LogP contribution in [0.15, 0.2) is 29.4 Å². The Kier molecular flexibility index (Phi) is 3.99. The van der Waals surface area contributed by atoms with Crippen LogP contribution >= 0.6 is 0 Å². The lowest BCUT2D eigenvalue weighted by atomic mass is 10.4. The molecule has 0 radical (unpaired) electrons. The van der Waals surface area contributed by atoms with Crippen LogP contribution in [0.5, 0.6) is 0 Å². The maximum absolute atomic E-state index is 4.40. The van der Waals surface area contributed by atoms with E-state index in [9.17, 15) is 0 Å². The van der Waals surface area contributed by atoms with E-state index < -0.39 is 5.79 Å². The summed E-state index contributed by atoms with van der Waals surface area (Å²) in [5, 5.41) is 14.9. The van der Waals surface area contributed by atoms with Gasteiger partial charge in [-0.3, -0.25) is 4.36 Å². The van der Waals surface area contributed by atoms with Crippen LogP contribution in [0.1, 0.15) is 0 Å². The van der Waals surface area contributed by atoms with Crippen molar-refractivity contribution in [1.29, 1.82) is 0 Å². The molecule has 6 nitrogen and oxygen atoms in total. The first kappa shape index (κ1) is 11.6. The molecule has 0 aromatic carbocycles. The summed E-state index contributed by atoms with van der Waals surface area (Å²) in [5.41, 5.74) is 0. The molecule has 8 heteroatoms. The van der Waals surface area contributed by atoms with Crippen LogP contribution in [-0.2, 0) is 21.4 Å². The summed E-state index contributed by atoms with van der Waals surface area (Å²) in [6.45, 7) is 0.446. The molecular weight excluding hydrogens is 220 g/mol. The molecule has 1 aliphatic rings. The highest BCUT2D eigenvalue weighted by Gasteiger charge is 2.32. The van der Waals surface area contributed by atoms with E-state index in [4.69, 9.17) is 0 Å². The van der Waals surface area contributed by atoms with Crippen molar-refractivity contribution in [1.82, 2.24) is 0 Å². The van der Waals surface area contributed by atoms with E-state index in [0.717, 1.165) is 0 Å². The van der Waals surface area contributed by atoms with Crippen LogP contribution in [0.4, 0.5) is 0 Å². The van der Waals surface area contributed by atoms with Crippen molar-refractivity contribution in [3.05, 3.63) is 0 Å². The number of nitrogens with zero attached hydrogens (tertiary/aromatic N) is 6. The van der Waals surface area contributed by atoms with E-state index in [1.165, 1.54) is 0 Å². The summed E-state index contributed by atoms with van der Waals surface area (Å²) >= 11 is 0. The van der Waals surface area contributed by atoms with Crippen molar-refractivity contribution in [2.75, 3.05) is 31.6 Å². The fraction of sp³-hybridized carbons (Fsp3) is 1.00. The minimum absolute atomic E-state index is 0.0124. The molecule has 80 valence electrons. The maximum atomic E-state index is 4.40. The van der Waals surface area contributed by atoms with E-state index in [-0.39, 0.29) is 21.4 Å². The SMILES string of the molecule is CS(C)=NCC1(N=S(C)C)N=NN=N1. The van der Waals surface area contributed by atoms with Crippen molar-refractivity contribution in [2.24, 2.45) is 29.4 Å². The molecule has 0 amide bonds. The lowest BCUT2D eigenvalue weighted by molar-refractivity contribution is 0.487. The van der Waals surface area contributed by atoms with Crippen LogP contribution < -0.4 is 0 Å². The van der Waals surface area contributed by atoms with Crippen LogP contribution in [-0.4, -0.2) is 37.4 Å². The van der Waals surface area contributed by atoms with Crippen LogP contribution in [0.2, 0.25) is 0 Å². The molecule has 0 aromatic heterocycles. The van der Waals surface area contributed by atoms with Gasteiger partial charge < -0.3 is 0 Å². The minimum Gasteiger partial charge on any atom is -0.258 e. The largest absolute Gasteiger partial charge is 0.311 e. The minimum atomic E-state index is -0.857. The second kappa shape index (κ2) is 4.83. The molecule has 1 rings (SSSR count). The molecule has 0 aromatic rings. The van der Waals surface area contributed by atoms with Crippen molar-refractivity contribution >= 4 is 21.4 Å².